The SMILES string of the molecule is CC\C=C/C=C\C=C/C=C\C=C/CCCC(=O)OCC(COC(=O)CCCCCCC\C=C/C=C\C=C/CCCCCCC)OC(=O)CCCCCCCCC/C=C\CCCCCC. The quantitative estimate of drug-likeness (QED) is 0.0199. The third-order valence-corrected chi connectivity index (χ3v) is 10.7. The molecule has 0 aliphatic heterocycles. The van der Waals surface area contributed by atoms with Crippen molar-refractivity contribution in [1.82, 2.24) is 0 Å². The number of rotatable bonds is 45. The standard InChI is InChI=1S/C58H94O6/c1-4-7-10-13-16-19-22-25-27-28-29-31-33-36-39-42-45-48-51-57(60)63-54-55(53-62-56(59)50-47-44-41-38-35-32-24-21-18-15-12-9-6-3)64-58(61)52-49-46-43-40-37-34-30-26-23-20-17-14-11-8-5-2/h9,12,15,18,20-25,27-29,31-32,35,38,41,55H,4-8,10-11,13-14,16-17,19,26,30,33-34,36-37,39-40,42-54H2,1-3H3/b12-9-,18-15-,23-20-,24-21-,25-22-,28-27-,31-29-,35-32-,41-38-. The van der Waals surface area contributed by atoms with Gasteiger partial charge in [0, 0.05) is 19.3 Å². The van der Waals surface area contributed by atoms with E-state index < -0.39 is 6.10 Å². The molecular formula is C58H94O6. The smallest absolute Gasteiger partial charge is 0.306 e. The predicted molar refractivity (Wildman–Crippen MR) is 274 cm³/mol. The minimum absolute atomic E-state index is 0.115. The average molecular weight is 887 g/mol. The van der Waals surface area contributed by atoms with Crippen LogP contribution in [0.5, 0.6) is 0 Å². The molecular weight excluding hydrogens is 793 g/mol. The Morgan fingerprint density at radius 3 is 1.08 bits per heavy atom. The first-order valence-electron chi connectivity index (χ1n) is 26.0. The maximum atomic E-state index is 12.8. The number of hydrogen-bond acceptors (Lipinski definition) is 6. The van der Waals surface area contributed by atoms with Gasteiger partial charge >= 0.3 is 17.9 Å². The van der Waals surface area contributed by atoms with E-state index in [2.05, 4.69) is 75.5 Å². The van der Waals surface area contributed by atoms with E-state index in [-0.39, 0.29) is 37.5 Å². The zero-order chi connectivity index (χ0) is 46.5. The van der Waals surface area contributed by atoms with Crippen molar-refractivity contribution in [2.24, 2.45) is 0 Å². The highest BCUT2D eigenvalue weighted by Gasteiger charge is 2.19. The lowest BCUT2D eigenvalue weighted by Gasteiger charge is -2.18. The van der Waals surface area contributed by atoms with Crippen LogP contribution in [0.3, 0.4) is 0 Å². The minimum atomic E-state index is -0.819. The molecule has 0 N–H and O–H groups in total. The Labute approximate surface area is 393 Å². The molecule has 0 rings (SSSR count). The summed E-state index contributed by atoms with van der Waals surface area (Å²) in [5, 5.41) is 0. The molecule has 0 fully saturated rings. The van der Waals surface area contributed by atoms with Gasteiger partial charge in [-0.05, 0) is 83.5 Å². The number of hydrogen-bond donors (Lipinski definition) is 0. The van der Waals surface area contributed by atoms with Crippen LogP contribution in [0, 0.1) is 0 Å². The van der Waals surface area contributed by atoms with Crippen LogP contribution >= 0.6 is 0 Å². The lowest BCUT2D eigenvalue weighted by Crippen LogP contribution is -2.30. The van der Waals surface area contributed by atoms with Crippen LogP contribution in [0.2, 0.25) is 0 Å². The van der Waals surface area contributed by atoms with E-state index in [0.29, 0.717) is 19.3 Å². The second-order valence-electron chi connectivity index (χ2n) is 16.9. The van der Waals surface area contributed by atoms with Gasteiger partial charge in [-0.15, -0.1) is 0 Å². The van der Waals surface area contributed by atoms with Crippen molar-refractivity contribution >= 4 is 17.9 Å². The van der Waals surface area contributed by atoms with Crippen LogP contribution in [0.25, 0.3) is 0 Å². The van der Waals surface area contributed by atoms with Gasteiger partial charge in [-0.1, -0.05) is 226 Å². The zero-order valence-corrected chi connectivity index (χ0v) is 41.3. The number of ether oxygens (including phenoxy) is 3. The Hall–Kier alpha value is -3.93. The first-order valence-corrected chi connectivity index (χ1v) is 26.0. The molecule has 0 spiro atoms. The molecule has 362 valence electrons. The maximum Gasteiger partial charge on any atom is 0.306 e. The van der Waals surface area contributed by atoms with Gasteiger partial charge in [-0.3, -0.25) is 14.4 Å². The van der Waals surface area contributed by atoms with E-state index in [1.807, 2.05) is 54.7 Å². The van der Waals surface area contributed by atoms with E-state index in [4.69, 9.17) is 14.2 Å². The third-order valence-electron chi connectivity index (χ3n) is 10.7. The van der Waals surface area contributed by atoms with Gasteiger partial charge in [0.25, 0.3) is 0 Å². The lowest BCUT2D eigenvalue weighted by molar-refractivity contribution is -0.167. The molecule has 0 aromatic carbocycles. The Balaban J connectivity index is 4.53. The van der Waals surface area contributed by atoms with Gasteiger partial charge in [0.05, 0.1) is 0 Å². The van der Waals surface area contributed by atoms with Crippen LogP contribution in [-0.4, -0.2) is 37.2 Å². The van der Waals surface area contributed by atoms with E-state index in [0.717, 1.165) is 77.0 Å². The number of allylic oxidation sites excluding steroid dienone is 18. The molecule has 0 aromatic rings. The van der Waals surface area contributed by atoms with E-state index in [1.54, 1.807) is 0 Å². The van der Waals surface area contributed by atoms with Gasteiger partial charge in [0.2, 0.25) is 0 Å². The molecule has 0 radical (unpaired) electrons. The highest BCUT2D eigenvalue weighted by atomic mass is 16.6. The maximum absolute atomic E-state index is 12.8. The predicted octanol–water partition coefficient (Wildman–Crippen LogP) is 17.1. The number of carbonyl (C=O) groups is 3. The fourth-order valence-corrected chi connectivity index (χ4v) is 6.76. The highest BCUT2D eigenvalue weighted by Crippen LogP contribution is 2.13. The summed E-state index contributed by atoms with van der Waals surface area (Å²) in [6.07, 6.45) is 69.3. The highest BCUT2D eigenvalue weighted by molar-refractivity contribution is 5.71. The van der Waals surface area contributed by atoms with Gasteiger partial charge in [-0.25, -0.2) is 0 Å². The number of esters is 3. The molecule has 6 heteroatoms. The molecule has 0 saturated carbocycles. The fourth-order valence-electron chi connectivity index (χ4n) is 6.76. The molecule has 0 aliphatic carbocycles. The van der Waals surface area contributed by atoms with Gasteiger partial charge < -0.3 is 14.2 Å². The summed E-state index contributed by atoms with van der Waals surface area (Å²) in [6.45, 7) is 6.37. The molecule has 6 nitrogen and oxygen atoms in total. The molecule has 0 aromatic heterocycles. The van der Waals surface area contributed by atoms with Crippen molar-refractivity contribution in [3.8, 4) is 0 Å². The normalized spacial score (nSPS) is 13.0. The summed E-state index contributed by atoms with van der Waals surface area (Å²) in [5.74, 6) is -1.02. The summed E-state index contributed by atoms with van der Waals surface area (Å²) in [4.78, 5) is 38.0. The van der Waals surface area contributed by atoms with E-state index in [9.17, 15) is 14.4 Å². The van der Waals surface area contributed by atoms with Crippen molar-refractivity contribution in [1.29, 1.82) is 0 Å². The summed E-state index contributed by atoms with van der Waals surface area (Å²) in [6, 6.07) is 0. The van der Waals surface area contributed by atoms with Crippen molar-refractivity contribution in [2.75, 3.05) is 13.2 Å². The van der Waals surface area contributed by atoms with Gasteiger partial charge in [0.1, 0.15) is 13.2 Å². The summed E-state index contributed by atoms with van der Waals surface area (Å²) < 4.78 is 16.7. The van der Waals surface area contributed by atoms with Gasteiger partial charge in [0.15, 0.2) is 6.10 Å². The average Bonchev–Trinajstić information content (AvgIpc) is 3.29. The summed E-state index contributed by atoms with van der Waals surface area (Å²) >= 11 is 0. The second-order valence-corrected chi connectivity index (χ2v) is 16.9. The van der Waals surface area contributed by atoms with E-state index in [1.165, 1.54) is 96.3 Å². The molecule has 0 amide bonds. The first kappa shape index (κ1) is 60.1. The van der Waals surface area contributed by atoms with Crippen molar-refractivity contribution in [2.45, 2.75) is 226 Å². The van der Waals surface area contributed by atoms with Gasteiger partial charge in [-0.2, -0.15) is 0 Å². The lowest BCUT2D eigenvalue weighted by atomic mass is 10.1. The van der Waals surface area contributed by atoms with Crippen LogP contribution in [0.1, 0.15) is 220 Å². The molecule has 1 atom stereocenters. The Bertz CT molecular complexity index is 1340. The summed E-state index contributed by atoms with van der Waals surface area (Å²) in [5.41, 5.74) is 0. The molecule has 1 unspecified atom stereocenters. The monoisotopic (exact) mass is 887 g/mol. The van der Waals surface area contributed by atoms with Crippen LogP contribution < -0.4 is 0 Å². The van der Waals surface area contributed by atoms with Crippen LogP contribution in [0.4, 0.5) is 0 Å². The Morgan fingerprint density at radius 2 is 0.641 bits per heavy atom. The zero-order valence-electron chi connectivity index (χ0n) is 41.3. The first-order chi connectivity index (χ1) is 31.5. The fraction of sp³-hybridized carbons (Fsp3) is 0.638. The van der Waals surface area contributed by atoms with Crippen LogP contribution in [-0.2, 0) is 28.6 Å². The molecule has 0 bridgehead atoms. The topological polar surface area (TPSA) is 78.9 Å². The largest absolute Gasteiger partial charge is 0.462 e. The van der Waals surface area contributed by atoms with E-state index >= 15 is 0 Å². The summed E-state index contributed by atoms with van der Waals surface area (Å²) in [7, 11) is 0. The molecule has 0 saturated heterocycles. The second kappa shape index (κ2) is 51.7. The minimum Gasteiger partial charge on any atom is -0.462 e. The van der Waals surface area contributed by atoms with Crippen LogP contribution in [0.15, 0.2) is 109 Å². The molecule has 64 heavy (non-hydrogen) atoms. The number of unbranched alkanes of at least 4 members (excludes halogenated alkanes) is 22. The Kier molecular flexibility index (Phi) is 48.5. The molecule has 0 heterocycles. The molecule has 0 aliphatic rings. The van der Waals surface area contributed by atoms with Crippen molar-refractivity contribution in [3.63, 3.8) is 0 Å². The van der Waals surface area contributed by atoms with Crippen molar-refractivity contribution in [3.05, 3.63) is 109 Å². The number of carbonyl (C=O) groups excluding carboxylic acids is 3. The third kappa shape index (κ3) is 49.1. The van der Waals surface area contributed by atoms with Crippen molar-refractivity contribution < 1.29 is 28.6 Å². The Morgan fingerprint density at radius 1 is 0.328 bits per heavy atom.